The van der Waals surface area contributed by atoms with Crippen molar-refractivity contribution in [3.05, 3.63) is 0 Å². The highest BCUT2D eigenvalue weighted by Gasteiger charge is 2.29. The van der Waals surface area contributed by atoms with Gasteiger partial charge < -0.3 is 4.74 Å². The lowest BCUT2D eigenvalue weighted by atomic mass is 9.96. The van der Waals surface area contributed by atoms with E-state index in [-0.39, 0.29) is 12.1 Å². The Morgan fingerprint density at radius 1 is 1.26 bits per heavy atom. The number of hydrogen-bond donors (Lipinski definition) is 1. The molecule has 136 valence electrons. The first kappa shape index (κ1) is 19.1. The standard InChI is InChI=1S/C16H33N3O3S/c1-14(2)12-19-9-10-22-16(13-19)11-17-23(20,21)18(3)15-7-5-4-6-8-15/h14-17H,4-13H2,1-3H3. The fraction of sp³-hybridized carbons (Fsp3) is 1.00. The molecule has 0 amide bonds. The molecule has 0 spiro atoms. The van der Waals surface area contributed by atoms with E-state index >= 15 is 0 Å². The van der Waals surface area contributed by atoms with Crippen LogP contribution < -0.4 is 4.72 Å². The molecular weight excluding hydrogens is 314 g/mol. The van der Waals surface area contributed by atoms with Crippen LogP contribution in [0.4, 0.5) is 0 Å². The minimum absolute atomic E-state index is 0.0583. The van der Waals surface area contributed by atoms with Gasteiger partial charge in [0.25, 0.3) is 10.2 Å². The quantitative estimate of drug-likeness (QED) is 0.757. The average Bonchev–Trinajstić information content (AvgIpc) is 2.53. The van der Waals surface area contributed by atoms with E-state index in [1.54, 1.807) is 7.05 Å². The van der Waals surface area contributed by atoms with E-state index in [1.807, 2.05) is 0 Å². The zero-order valence-electron chi connectivity index (χ0n) is 14.8. The lowest BCUT2D eigenvalue weighted by Crippen LogP contribution is -2.51. The molecule has 1 unspecified atom stereocenters. The van der Waals surface area contributed by atoms with E-state index in [4.69, 9.17) is 4.74 Å². The highest BCUT2D eigenvalue weighted by Crippen LogP contribution is 2.23. The number of morpholine rings is 1. The highest BCUT2D eigenvalue weighted by molar-refractivity contribution is 7.87. The molecule has 1 aliphatic heterocycles. The Kier molecular flexibility index (Phi) is 7.28. The van der Waals surface area contributed by atoms with Gasteiger partial charge in [0.05, 0.1) is 12.7 Å². The van der Waals surface area contributed by atoms with Crippen LogP contribution in [-0.2, 0) is 14.9 Å². The predicted molar refractivity (Wildman–Crippen MR) is 92.6 cm³/mol. The van der Waals surface area contributed by atoms with Gasteiger partial charge in [0.15, 0.2) is 0 Å². The molecule has 0 bridgehead atoms. The zero-order chi connectivity index (χ0) is 16.9. The second-order valence-corrected chi connectivity index (χ2v) is 9.12. The Labute approximate surface area is 141 Å². The van der Waals surface area contributed by atoms with Crippen molar-refractivity contribution in [1.82, 2.24) is 13.9 Å². The molecule has 6 nitrogen and oxygen atoms in total. The molecule has 7 heteroatoms. The van der Waals surface area contributed by atoms with Gasteiger partial charge in [-0.3, -0.25) is 4.90 Å². The van der Waals surface area contributed by atoms with Crippen LogP contribution in [0.2, 0.25) is 0 Å². The Balaban J connectivity index is 1.81. The summed E-state index contributed by atoms with van der Waals surface area (Å²) in [6, 6.07) is 0.144. The van der Waals surface area contributed by atoms with Crippen molar-refractivity contribution in [2.75, 3.05) is 39.8 Å². The smallest absolute Gasteiger partial charge is 0.279 e. The lowest BCUT2D eigenvalue weighted by Gasteiger charge is -2.35. The van der Waals surface area contributed by atoms with Crippen molar-refractivity contribution in [3.8, 4) is 0 Å². The van der Waals surface area contributed by atoms with Crippen LogP contribution in [0.15, 0.2) is 0 Å². The summed E-state index contributed by atoms with van der Waals surface area (Å²) in [5.41, 5.74) is 0. The van der Waals surface area contributed by atoms with Gasteiger partial charge in [-0.05, 0) is 18.8 Å². The van der Waals surface area contributed by atoms with Gasteiger partial charge in [-0.25, -0.2) is 0 Å². The number of ether oxygens (including phenoxy) is 1. The maximum atomic E-state index is 12.5. The van der Waals surface area contributed by atoms with Crippen molar-refractivity contribution in [2.24, 2.45) is 5.92 Å². The molecule has 0 aromatic heterocycles. The molecule has 1 N–H and O–H groups in total. The van der Waals surface area contributed by atoms with E-state index < -0.39 is 10.2 Å². The fourth-order valence-electron chi connectivity index (χ4n) is 3.53. The Morgan fingerprint density at radius 3 is 2.61 bits per heavy atom. The van der Waals surface area contributed by atoms with Gasteiger partial charge in [-0.1, -0.05) is 33.1 Å². The molecule has 0 aromatic carbocycles. The first-order chi connectivity index (χ1) is 10.9. The summed E-state index contributed by atoms with van der Waals surface area (Å²) < 4.78 is 35.0. The molecule has 2 rings (SSSR count). The molecular formula is C16H33N3O3S. The fourth-order valence-corrected chi connectivity index (χ4v) is 4.73. The molecule has 1 saturated heterocycles. The summed E-state index contributed by atoms with van der Waals surface area (Å²) in [4.78, 5) is 2.36. The van der Waals surface area contributed by atoms with Gasteiger partial charge in [-0.15, -0.1) is 0 Å². The molecule has 2 aliphatic rings. The van der Waals surface area contributed by atoms with E-state index in [2.05, 4.69) is 23.5 Å². The predicted octanol–water partition coefficient (Wildman–Crippen LogP) is 1.44. The number of nitrogens with one attached hydrogen (secondary N) is 1. The summed E-state index contributed by atoms with van der Waals surface area (Å²) >= 11 is 0. The minimum atomic E-state index is -3.42. The van der Waals surface area contributed by atoms with Crippen molar-refractivity contribution in [3.63, 3.8) is 0 Å². The summed E-state index contributed by atoms with van der Waals surface area (Å²) in [6.45, 7) is 8.20. The second kappa shape index (κ2) is 8.76. The topological polar surface area (TPSA) is 61.9 Å². The molecule has 1 atom stereocenters. The van der Waals surface area contributed by atoms with Crippen LogP contribution in [-0.4, -0.2) is 69.6 Å². The van der Waals surface area contributed by atoms with E-state index in [1.165, 1.54) is 10.7 Å². The monoisotopic (exact) mass is 347 g/mol. The minimum Gasteiger partial charge on any atom is -0.374 e. The third kappa shape index (κ3) is 5.98. The third-order valence-electron chi connectivity index (χ3n) is 4.81. The molecule has 1 saturated carbocycles. The van der Waals surface area contributed by atoms with Crippen molar-refractivity contribution in [2.45, 2.75) is 58.1 Å². The molecule has 2 fully saturated rings. The van der Waals surface area contributed by atoms with Crippen LogP contribution in [0.5, 0.6) is 0 Å². The SMILES string of the molecule is CC(C)CN1CCOC(CNS(=O)(=O)N(C)C2CCCCC2)C1. The van der Waals surface area contributed by atoms with Gasteiger partial charge in [0.2, 0.25) is 0 Å². The van der Waals surface area contributed by atoms with Crippen LogP contribution in [0.3, 0.4) is 0 Å². The second-order valence-electron chi connectivity index (χ2n) is 7.31. The number of hydrogen-bond acceptors (Lipinski definition) is 4. The highest BCUT2D eigenvalue weighted by atomic mass is 32.2. The maximum absolute atomic E-state index is 12.5. The zero-order valence-corrected chi connectivity index (χ0v) is 15.6. The lowest BCUT2D eigenvalue weighted by molar-refractivity contribution is -0.0281. The van der Waals surface area contributed by atoms with Crippen LogP contribution in [0.25, 0.3) is 0 Å². The first-order valence-corrected chi connectivity index (χ1v) is 10.4. The Morgan fingerprint density at radius 2 is 1.96 bits per heavy atom. The average molecular weight is 348 g/mol. The maximum Gasteiger partial charge on any atom is 0.279 e. The van der Waals surface area contributed by atoms with E-state index in [0.29, 0.717) is 19.1 Å². The molecule has 1 heterocycles. The molecule has 1 aliphatic carbocycles. The molecule has 23 heavy (non-hydrogen) atoms. The molecule has 0 radical (unpaired) electrons. The summed E-state index contributed by atoms with van der Waals surface area (Å²) in [5.74, 6) is 0.614. The Hall–Kier alpha value is -0.210. The summed E-state index contributed by atoms with van der Waals surface area (Å²) in [5, 5.41) is 0. The van der Waals surface area contributed by atoms with Gasteiger partial charge >= 0.3 is 0 Å². The van der Waals surface area contributed by atoms with Crippen molar-refractivity contribution >= 4 is 10.2 Å². The normalized spacial score (nSPS) is 25.3. The van der Waals surface area contributed by atoms with Gasteiger partial charge in [0, 0.05) is 39.3 Å². The van der Waals surface area contributed by atoms with Crippen LogP contribution in [0, 0.1) is 5.92 Å². The van der Waals surface area contributed by atoms with Crippen LogP contribution >= 0.6 is 0 Å². The van der Waals surface area contributed by atoms with Gasteiger partial charge in [0.1, 0.15) is 0 Å². The van der Waals surface area contributed by atoms with Crippen molar-refractivity contribution in [1.29, 1.82) is 0 Å². The summed E-state index contributed by atoms with van der Waals surface area (Å²) in [6.07, 6.45) is 5.36. The van der Waals surface area contributed by atoms with Crippen LogP contribution in [0.1, 0.15) is 46.0 Å². The third-order valence-corrected chi connectivity index (χ3v) is 6.40. The van der Waals surface area contributed by atoms with Gasteiger partial charge in [-0.2, -0.15) is 17.4 Å². The largest absolute Gasteiger partial charge is 0.374 e. The number of rotatable bonds is 7. The summed E-state index contributed by atoms with van der Waals surface area (Å²) in [7, 11) is -1.72. The molecule has 0 aromatic rings. The first-order valence-electron chi connectivity index (χ1n) is 8.95. The van der Waals surface area contributed by atoms with E-state index in [9.17, 15) is 8.42 Å². The number of nitrogens with zero attached hydrogens (tertiary/aromatic N) is 2. The Bertz CT molecular complexity index is 449. The van der Waals surface area contributed by atoms with Crippen molar-refractivity contribution < 1.29 is 13.2 Å². The van der Waals surface area contributed by atoms with E-state index in [0.717, 1.165) is 45.3 Å².